The molecule has 0 saturated carbocycles. The summed E-state index contributed by atoms with van der Waals surface area (Å²) < 4.78 is 14.8. The number of halogens is 3. The summed E-state index contributed by atoms with van der Waals surface area (Å²) in [6.45, 7) is 0.476. The van der Waals surface area contributed by atoms with E-state index in [1.165, 1.54) is 24.3 Å². The molecular formula is C28H20Cl2FN3O3. The first-order valence-corrected chi connectivity index (χ1v) is 12.9. The summed E-state index contributed by atoms with van der Waals surface area (Å²) in [6.07, 6.45) is 1.32. The Bertz CT molecular complexity index is 1560. The fourth-order valence-electron chi connectivity index (χ4n) is 7.41. The van der Waals surface area contributed by atoms with Crippen molar-refractivity contribution in [3.8, 4) is 0 Å². The number of para-hydroxylation sites is 1. The molecule has 2 spiro atoms. The molecule has 4 atom stereocenters. The zero-order valence-corrected chi connectivity index (χ0v) is 20.9. The van der Waals surface area contributed by atoms with Gasteiger partial charge in [-0.1, -0.05) is 41.4 Å². The van der Waals surface area contributed by atoms with E-state index in [4.69, 9.17) is 23.2 Å². The molecule has 0 aromatic heterocycles. The van der Waals surface area contributed by atoms with Crippen LogP contribution in [0.2, 0.25) is 10.0 Å². The SMILES string of the molecule is O=C(c1ccc(Cl)cc1Cl)[C@@H]1[C@@H]2CCCN2[C@]2(C(=O)Nc3ccc(F)cc32)[C@@]12C(=O)Nc1ccccc12. The first-order chi connectivity index (χ1) is 17.8. The zero-order valence-electron chi connectivity index (χ0n) is 19.4. The minimum absolute atomic E-state index is 0.173. The van der Waals surface area contributed by atoms with Crippen molar-refractivity contribution >= 4 is 52.2 Å². The van der Waals surface area contributed by atoms with E-state index >= 15 is 0 Å². The Hall–Kier alpha value is -3.26. The topological polar surface area (TPSA) is 78.5 Å². The first-order valence-electron chi connectivity index (χ1n) is 12.1. The van der Waals surface area contributed by atoms with Crippen molar-refractivity contribution in [2.45, 2.75) is 29.8 Å². The average Bonchev–Trinajstić information content (AvgIpc) is 3.58. The summed E-state index contributed by atoms with van der Waals surface area (Å²) >= 11 is 12.6. The van der Waals surface area contributed by atoms with Crippen LogP contribution in [-0.4, -0.2) is 35.1 Å². The molecule has 186 valence electrons. The summed E-state index contributed by atoms with van der Waals surface area (Å²) in [5.41, 5.74) is -1.16. The van der Waals surface area contributed by atoms with Gasteiger partial charge in [-0.3, -0.25) is 19.3 Å². The van der Waals surface area contributed by atoms with Gasteiger partial charge in [-0.25, -0.2) is 4.39 Å². The summed E-state index contributed by atoms with van der Waals surface area (Å²) in [7, 11) is 0. The number of Topliss-reactive ketones (excluding diaryl/α,β-unsaturated/α-hetero) is 1. The lowest BCUT2D eigenvalue weighted by Crippen LogP contribution is -2.62. The van der Waals surface area contributed by atoms with Gasteiger partial charge in [0.2, 0.25) is 5.91 Å². The number of carbonyl (C=O) groups excluding carboxylic acids is 3. The number of hydrogen-bond donors (Lipinski definition) is 2. The summed E-state index contributed by atoms with van der Waals surface area (Å²) in [6, 6.07) is 15.4. The average molecular weight is 536 g/mol. The maximum absolute atomic E-state index is 14.8. The second-order valence-electron chi connectivity index (χ2n) is 10.0. The number of anilines is 2. The molecule has 4 aliphatic rings. The third kappa shape index (κ3) is 2.62. The lowest BCUT2D eigenvalue weighted by atomic mass is 9.57. The molecule has 2 N–H and O–H groups in total. The van der Waals surface area contributed by atoms with Crippen LogP contribution in [-0.2, 0) is 20.5 Å². The normalized spacial score (nSPS) is 29.4. The fourth-order valence-corrected chi connectivity index (χ4v) is 7.91. The number of nitrogens with one attached hydrogen (secondary N) is 2. The number of hydrogen-bond acceptors (Lipinski definition) is 4. The predicted molar refractivity (Wildman–Crippen MR) is 137 cm³/mol. The maximum Gasteiger partial charge on any atom is 0.251 e. The molecule has 0 aliphatic carbocycles. The van der Waals surface area contributed by atoms with Gasteiger partial charge >= 0.3 is 0 Å². The Morgan fingerprint density at radius 3 is 2.51 bits per heavy atom. The van der Waals surface area contributed by atoms with Gasteiger partial charge in [0.15, 0.2) is 5.78 Å². The molecule has 3 aromatic carbocycles. The van der Waals surface area contributed by atoms with Crippen LogP contribution in [0.4, 0.5) is 15.8 Å². The van der Waals surface area contributed by atoms with Gasteiger partial charge in [0.05, 0.1) is 10.9 Å². The standard InChI is InChI=1S/C28H20Cl2FN3O3/c29-14-7-9-16(19(30)12-14)24(35)23-22-6-3-11-34(22)28(18-13-15(31)8-10-21(18)33-26(28)37)27(23)17-4-1-2-5-20(17)32-25(27)36/h1-2,4-5,7-10,12-13,22-23H,3,6,11H2,(H,32,36)(H,33,37)/t22-,23-,27+,28+/m0/s1. The Morgan fingerprint density at radius 2 is 1.70 bits per heavy atom. The Morgan fingerprint density at radius 1 is 0.946 bits per heavy atom. The van der Waals surface area contributed by atoms with Crippen molar-refractivity contribution in [3.63, 3.8) is 0 Å². The number of nitrogens with zero attached hydrogens (tertiary/aromatic N) is 1. The molecule has 0 unspecified atom stereocenters. The Kier molecular flexibility index (Phi) is 4.72. The number of fused-ring (bicyclic) bond motifs is 7. The molecule has 2 saturated heterocycles. The fraction of sp³-hybridized carbons (Fsp3) is 0.250. The van der Waals surface area contributed by atoms with Crippen LogP contribution in [0, 0.1) is 11.7 Å². The van der Waals surface area contributed by atoms with Crippen LogP contribution in [0.3, 0.4) is 0 Å². The highest BCUT2D eigenvalue weighted by Gasteiger charge is 2.81. The van der Waals surface area contributed by atoms with Gasteiger partial charge < -0.3 is 10.6 Å². The number of rotatable bonds is 2. The van der Waals surface area contributed by atoms with Gasteiger partial charge in [-0.15, -0.1) is 0 Å². The summed E-state index contributed by atoms with van der Waals surface area (Å²) in [4.78, 5) is 45.1. The molecule has 2 fully saturated rings. The third-order valence-electron chi connectivity index (χ3n) is 8.54. The van der Waals surface area contributed by atoms with Crippen molar-refractivity contribution in [1.29, 1.82) is 0 Å². The zero-order chi connectivity index (χ0) is 25.7. The highest BCUT2D eigenvalue weighted by atomic mass is 35.5. The van der Waals surface area contributed by atoms with Crippen LogP contribution in [0.1, 0.15) is 34.3 Å². The van der Waals surface area contributed by atoms with Gasteiger partial charge in [0.1, 0.15) is 16.8 Å². The minimum atomic E-state index is -1.65. The van der Waals surface area contributed by atoms with E-state index in [0.29, 0.717) is 40.5 Å². The second kappa shape index (κ2) is 7.63. The highest BCUT2D eigenvalue weighted by Crippen LogP contribution is 2.68. The van der Waals surface area contributed by atoms with Gasteiger partial charge in [0, 0.05) is 33.6 Å². The maximum atomic E-state index is 14.8. The molecule has 4 heterocycles. The van der Waals surface area contributed by atoms with Crippen LogP contribution >= 0.6 is 23.2 Å². The van der Waals surface area contributed by atoms with Crippen molar-refractivity contribution < 1.29 is 18.8 Å². The van der Waals surface area contributed by atoms with Crippen LogP contribution < -0.4 is 10.6 Å². The second-order valence-corrected chi connectivity index (χ2v) is 10.9. The van der Waals surface area contributed by atoms with Crippen LogP contribution in [0.25, 0.3) is 0 Å². The van der Waals surface area contributed by atoms with E-state index in [1.807, 2.05) is 4.90 Å². The smallest absolute Gasteiger partial charge is 0.251 e. The lowest BCUT2D eigenvalue weighted by molar-refractivity contribution is -0.137. The van der Waals surface area contributed by atoms with E-state index in [0.717, 1.165) is 6.42 Å². The van der Waals surface area contributed by atoms with Gasteiger partial charge in [-0.05, 0) is 67.4 Å². The van der Waals surface area contributed by atoms with Crippen LogP contribution in [0.15, 0.2) is 60.7 Å². The Balaban J connectivity index is 1.60. The lowest BCUT2D eigenvalue weighted by Gasteiger charge is -2.43. The van der Waals surface area contributed by atoms with E-state index < -0.39 is 40.5 Å². The minimum Gasteiger partial charge on any atom is -0.325 e. The van der Waals surface area contributed by atoms with Crippen molar-refractivity contribution in [1.82, 2.24) is 4.90 Å². The molecule has 37 heavy (non-hydrogen) atoms. The highest BCUT2D eigenvalue weighted by molar-refractivity contribution is 6.37. The molecule has 0 bridgehead atoms. The Labute approximate surface area is 221 Å². The number of ketones is 1. The molecule has 9 heteroatoms. The van der Waals surface area contributed by atoms with Crippen LogP contribution in [0.5, 0.6) is 0 Å². The molecular weight excluding hydrogens is 516 g/mol. The predicted octanol–water partition coefficient (Wildman–Crippen LogP) is 5.15. The number of carbonyl (C=O) groups is 3. The van der Waals surface area contributed by atoms with E-state index in [9.17, 15) is 18.8 Å². The van der Waals surface area contributed by atoms with E-state index in [2.05, 4.69) is 10.6 Å². The summed E-state index contributed by atoms with van der Waals surface area (Å²) in [5, 5.41) is 6.41. The first kappa shape index (κ1) is 22.9. The van der Waals surface area contributed by atoms with Gasteiger partial charge in [0.25, 0.3) is 5.91 Å². The molecule has 6 nitrogen and oxygen atoms in total. The van der Waals surface area contributed by atoms with E-state index in [1.54, 1.807) is 36.4 Å². The van der Waals surface area contributed by atoms with E-state index in [-0.39, 0.29) is 16.4 Å². The molecule has 4 aliphatic heterocycles. The van der Waals surface area contributed by atoms with Crippen molar-refractivity contribution in [2.75, 3.05) is 17.2 Å². The monoisotopic (exact) mass is 535 g/mol. The molecule has 2 amide bonds. The van der Waals surface area contributed by atoms with Crippen molar-refractivity contribution in [3.05, 3.63) is 93.2 Å². The number of benzene rings is 3. The summed E-state index contributed by atoms with van der Waals surface area (Å²) in [5.74, 6) is -2.73. The third-order valence-corrected chi connectivity index (χ3v) is 9.09. The van der Waals surface area contributed by atoms with Gasteiger partial charge in [-0.2, -0.15) is 0 Å². The quantitative estimate of drug-likeness (QED) is 0.445. The molecule has 0 radical (unpaired) electrons. The van der Waals surface area contributed by atoms with Crippen molar-refractivity contribution in [2.24, 2.45) is 5.92 Å². The number of amides is 2. The molecule has 3 aromatic rings. The molecule has 7 rings (SSSR count). The largest absolute Gasteiger partial charge is 0.325 e.